The number of allylic oxidation sites excluding steroid dienone is 4. The van der Waals surface area contributed by atoms with Crippen LogP contribution in [0.5, 0.6) is 0 Å². The number of fused-ring (bicyclic) bond motifs is 7. The van der Waals surface area contributed by atoms with Gasteiger partial charge in [0.25, 0.3) is 11.8 Å². The van der Waals surface area contributed by atoms with Crippen molar-refractivity contribution in [3.05, 3.63) is 65.8 Å². The average Bonchev–Trinajstić information content (AvgIpc) is 3.97. The Morgan fingerprint density at radius 3 is 2.35 bits per heavy atom. The van der Waals surface area contributed by atoms with Crippen LogP contribution in [0.25, 0.3) is 0 Å². The van der Waals surface area contributed by atoms with Crippen LogP contribution in [0, 0.1) is 34.5 Å². The van der Waals surface area contributed by atoms with Crippen LogP contribution in [0.4, 0.5) is 15.3 Å². The van der Waals surface area contributed by atoms with Gasteiger partial charge in [-0.15, -0.1) is 0 Å². The Kier molecular flexibility index (Phi) is 17.6. The van der Waals surface area contributed by atoms with Gasteiger partial charge >= 0.3 is 12.2 Å². The molecule has 20 nitrogen and oxygen atoms in total. The van der Waals surface area contributed by atoms with Crippen LogP contribution in [0.15, 0.2) is 60.2 Å². The summed E-state index contributed by atoms with van der Waals surface area (Å²) in [7, 11) is 0. The van der Waals surface area contributed by atoms with E-state index in [-0.39, 0.29) is 92.6 Å². The predicted molar refractivity (Wildman–Crippen MR) is 267 cm³/mol. The van der Waals surface area contributed by atoms with Crippen molar-refractivity contribution in [3.63, 3.8) is 0 Å². The van der Waals surface area contributed by atoms with Gasteiger partial charge in [-0.2, -0.15) is 0 Å². The van der Waals surface area contributed by atoms with E-state index in [0.29, 0.717) is 49.8 Å². The van der Waals surface area contributed by atoms with Gasteiger partial charge < -0.3 is 51.1 Å². The number of imide groups is 1. The van der Waals surface area contributed by atoms with Gasteiger partial charge in [0.05, 0.1) is 12.2 Å². The van der Waals surface area contributed by atoms with E-state index in [1.54, 1.807) is 50.3 Å². The van der Waals surface area contributed by atoms with E-state index in [4.69, 9.17) is 24.7 Å². The SMILES string of the molecule is CCCC1O[C@@H]2CC3[C@@H]4CCC5=CC(=O)C=C[C@]5(C)[C@H]4[C@@H](O)C[C@]3(C)[C@]2(C(=O)COC(=O)OCc2ccc(NC(=O)[C@H](CCCNC(N)=O)NC(=O)[C@@H](NC(=O)CCCCCN3C(=O)C=CC3=O)C(C)C)cc2)O1. The van der Waals surface area contributed by atoms with Crippen molar-refractivity contribution < 1.29 is 67.2 Å². The number of nitrogens with two attached hydrogens (primary N) is 1. The molecule has 2 heterocycles. The molecule has 4 fully saturated rings. The first-order valence-corrected chi connectivity index (χ1v) is 26.1. The van der Waals surface area contributed by atoms with E-state index in [9.17, 15) is 48.3 Å². The Balaban J connectivity index is 0.914. The first-order valence-electron chi connectivity index (χ1n) is 26.1. The number of hydrogen-bond donors (Lipinski definition) is 6. The third-order valence-corrected chi connectivity index (χ3v) is 16.2. The lowest BCUT2D eigenvalue weighted by Gasteiger charge is -2.59. The van der Waals surface area contributed by atoms with Crippen molar-refractivity contribution in [2.24, 2.45) is 40.2 Å². The second-order valence-corrected chi connectivity index (χ2v) is 21.3. The molecule has 2 aliphatic heterocycles. The Hall–Kier alpha value is -6.25. The first kappa shape index (κ1) is 55.5. The number of rotatable bonds is 23. The van der Waals surface area contributed by atoms with Crippen molar-refractivity contribution in [1.82, 2.24) is 20.9 Å². The molecule has 74 heavy (non-hydrogen) atoms. The Bertz CT molecular complexity index is 2420. The molecular weight excluding hydrogens is 957 g/mol. The zero-order chi connectivity index (χ0) is 53.5. The summed E-state index contributed by atoms with van der Waals surface area (Å²) in [5.41, 5.74) is 4.29. The van der Waals surface area contributed by atoms with Crippen LogP contribution in [0.1, 0.15) is 117 Å². The van der Waals surface area contributed by atoms with Gasteiger partial charge in [-0.05, 0) is 105 Å². The van der Waals surface area contributed by atoms with Gasteiger partial charge in [-0.3, -0.25) is 38.5 Å². The largest absolute Gasteiger partial charge is 0.509 e. The lowest BCUT2D eigenvalue weighted by atomic mass is 9.46. The number of nitrogens with one attached hydrogen (secondary N) is 4. The van der Waals surface area contributed by atoms with Crippen molar-refractivity contribution in [2.45, 2.75) is 154 Å². The number of aliphatic hydroxyl groups is 1. The number of carbonyl (C=O) groups excluding carboxylic acids is 9. The smallest absolute Gasteiger partial charge is 0.429 e. The Labute approximate surface area is 431 Å². The fraction of sp³-hybridized carbons (Fsp3) is 0.611. The van der Waals surface area contributed by atoms with E-state index >= 15 is 0 Å². The molecule has 11 atom stereocenters. The maximum absolute atomic E-state index is 14.6. The summed E-state index contributed by atoms with van der Waals surface area (Å²) < 4.78 is 24.0. The molecule has 4 aliphatic carbocycles. The monoisotopic (exact) mass is 1030 g/mol. The van der Waals surface area contributed by atoms with Gasteiger partial charge in [0.15, 0.2) is 24.3 Å². The number of benzene rings is 1. The Morgan fingerprint density at radius 2 is 1.66 bits per heavy atom. The summed E-state index contributed by atoms with van der Waals surface area (Å²) in [5, 5.41) is 22.8. The highest BCUT2D eigenvalue weighted by Crippen LogP contribution is 2.69. The van der Waals surface area contributed by atoms with Crippen molar-refractivity contribution in [2.75, 3.05) is 25.0 Å². The molecule has 0 aromatic heterocycles. The van der Waals surface area contributed by atoms with Gasteiger partial charge in [-0.1, -0.05) is 71.2 Å². The van der Waals surface area contributed by atoms with Gasteiger partial charge in [0.1, 0.15) is 18.7 Å². The maximum Gasteiger partial charge on any atom is 0.509 e. The quantitative estimate of drug-likeness (QED) is 0.0498. The summed E-state index contributed by atoms with van der Waals surface area (Å²) in [5.74, 6) is -3.33. The van der Waals surface area contributed by atoms with Crippen LogP contribution in [-0.4, -0.2) is 119 Å². The van der Waals surface area contributed by atoms with Gasteiger partial charge in [-0.25, -0.2) is 9.59 Å². The van der Waals surface area contributed by atoms with Gasteiger partial charge in [0, 0.05) is 54.1 Å². The molecule has 3 saturated carbocycles. The number of amides is 7. The van der Waals surface area contributed by atoms with Crippen LogP contribution < -0.4 is 27.0 Å². The molecule has 0 radical (unpaired) electrons. The molecule has 1 saturated heterocycles. The number of carbonyl (C=O) groups is 9. The molecule has 20 heteroatoms. The molecule has 0 bridgehead atoms. The number of Topliss-reactive ketones (excluding diaryl/α,β-unsaturated/α-hetero) is 1. The third-order valence-electron chi connectivity index (χ3n) is 16.2. The fourth-order valence-corrected chi connectivity index (χ4v) is 12.5. The summed E-state index contributed by atoms with van der Waals surface area (Å²) in [6, 6.07) is 3.56. The van der Waals surface area contributed by atoms with Crippen LogP contribution >= 0.6 is 0 Å². The van der Waals surface area contributed by atoms with Crippen molar-refractivity contribution >= 4 is 59.0 Å². The van der Waals surface area contributed by atoms with Crippen LogP contribution in [-0.2, 0) is 59.1 Å². The minimum Gasteiger partial charge on any atom is -0.429 e. The third kappa shape index (κ3) is 11.8. The standard InChI is InChI=1S/C54H72N6O14/c1-6-11-45-73-41-27-37-36-19-16-33-26-35(61)22-23-52(33,4)46(36)39(62)28-53(37,5)54(41,74-45)40(63)30-72-51(70)71-29-32-14-17-34(18-15-32)57-48(67)38(12-10-24-56-50(55)69)58-49(68)47(31(2)3)59-42(64)13-8-7-9-25-60-43(65)20-21-44(60)66/h14-15,17-18,20-23,26,31,36-39,41,45-47,62H,6-13,16,19,24-25,27-30H2,1-5H3,(H,57,67)(H,58,68)(H,59,64)(H3,55,56,69)/t36-,37?,38-,39-,41+,45?,46+,47-,52-,53-,54+/m0/s1. The van der Waals surface area contributed by atoms with E-state index in [1.165, 1.54) is 12.2 Å². The zero-order valence-corrected chi connectivity index (χ0v) is 43.0. The number of urea groups is 1. The molecule has 1 aromatic carbocycles. The molecule has 7 amide bonds. The number of unbranched alkanes of at least 4 members (excludes halogenated alkanes) is 2. The minimum atomic E-state index is -1.48. The van der Waals surface area contributed by atoms with Gasteiger partial charge in [0.2, 0.25) is 23.5 Å². The normalized spacial score (nSPS) is 29.3. The summed E-state index contributed by atoms with van der Waals surface area (Å²) in [6.45, 7) is 9.09. The molecule has 0 spiro atoms. The average molecular weight is 1030 g/mol. The van der Waals surface area contributed by atoms with E-state index in [0.717, 1.165) is 23.3 Å². The van der Waals surface area contributed by atoms with Crippen molar-refractivity contribution in [1.29, 1.82) is 0 Å². The molecule has 402 valence electrons. The van der Waals surface area contributed by atoms with E-state index in [1.807, 2.05) is 19.9 Å². The number of ketones is 2. The fourth-order valence-electron chi connectivity index (χ4n) is 12.5. The number of ether oxygens (including phenoxy) is 4. The Morgan fingerprint density at radius 1 is 0.932 bits per heavy atom. The highest BCUT2D eigenvalue weighted by Gasteiger charge is 2.76. The first-order chi connectivity index (χ1) is 35.2. The second kappa shape index (κ2) is 23.5. The number of aliphatic hydroxyl groups excluding tert-OH is 1. The van der Waals surface area contributed by atoms with E-state index < -0.39 is 83.4 Å². The molecular formula is C54H72N6O14. The lowest BCUT2D eigenvalue weighted by molar-refractivity contribution is -0.200. The topological polar surface area (TPSA) is 288 Å². The highest BCUT2D eigenvalue weighted by molar-refractivity contribution is 6.12. The summed E-state index contributed by atoms with van der Waals surface area (Å²) in [4.78, 5) is 116. The number of hydrogen-bond acceptors (Lipinski definition) is 14. The van der Waals surface area contributed by atoms with Crippen molar-refractivity contribution in [3.8, 4) is 0 Å². The number of anilines is 1. The maximum atomic E-state index is 14.6. The molecule has 1 aromatic rings. The predicted octanol–water partition coefficient (Wildman–Crippen LogP) is 4.58. The summed E-state index contributed by atoms with van der Waals surface area (Å²) >= 11 is 0. The molecule has 7 rings (SSSR count). The lowest BCUT2D eigenvalue weighted by Crippen LogP contribution is -2.63. The number of nitrogens with zero attached hydrogens (tertiary/aromatic N) is 1. The molecule has 7 N–H and O–H groups in total. The number of primary amides is 1. The highest BCUT2D eigenvalue weighted by atomic mass is 16.8. The van der Waals surface area contributed by atoms with Crippen LogP contribution in [0.2, 0.25) is 0 Å². The second-order valence-electron chi connectivity index (χ2n) is 21.3. The van der Waals surface area contributed by atoms with E-state index in [2.05, 4.69) is 28.2 Å². The minimum absolute atomic E-state index is 0.0207. The molecule has 2 unspecified atom stereocenters. The van der Waals surface area contributed by atoms with Crippen LogP contribution in [0.3, 0.4) is 0 Å². The molecule has 6 aliphatic rings. The summed E-state index contributed by atoms with van der Waals surface area (Å²) in [6.07, 6.45) is 10.1. The zero-order valence-electron chi connectivity index (χ0n) is 43.0.